The Kier molecular flexibility index (Phi) is 5.15. The van der Waals surface area contributed by atoms with E-state index in [-0.39, 0.29) is 42.6 Å². The van der Waals surface area contributed by atoms with Crippen LogP contribution in [-0.2, 0) is 9.59 Å². The van der Waals surface area contributed by atoms with Gasteiger partial charge in [0.1, 0.15) is 6.04 Å². The third kappa shape index (κ3) is 3.30. The molecule has 0 unspecified atom stereocenters. The van der Waals surface area contributed by atoms with Gasteiger partial charge in [-0.15, -0.1) is 0 Å². The summed E-state index contributed by atoms with van der Waals surface area (Å²) in [6, 6.07) is 6.44. The third-order valence-corrected chi connectivity index (χ3v) is 5.93. The van der Waals surface area contributed by atoms with E-state index in [4.69, 9.17) is 0 Å². The average molecular weight is 383 g/mol. The highest BCUT2D eigenvalue weighted by Gasteiger charge is 2.38. The molecule has 1 aromatic carbocycles. The van der Waals surface area contributed by atoms with Crippen molar-refractivity contribution in [3.63, 3.8) is 0 Å². The van der Waals surface area contributed by atoms with Gasteiger partial charge in [0.25, 0.3) is 11.8 Å². The lowest BCUT2D eigenvalue weighted by Gasteiger charge is -2.28. The summed E-state index contributed by atoms with van der Waals surface area (Å²) >= 11 is 0. The summed E-state index contributed by atoms with van der Waals surface area (Å²) in [6.07, 6.45) is 4.27. The summed E-state index contributed by atoms with van der Waals surface area (Å²) in [5.41, 5.74) is 0.851. The minimum atomic E-state index is -0.343. The van der Waals surface area contributed by atoms with Crippen LogP contribution in [0.5, 0.6) is 0 Å². The van der Waals surface area contributed by atoms with Crippen molar-refractivity contribution in [2.24, 2.45) is 0 Å². The average Bonchev–Trinajstić information content (AvgIpc) is 3.45. The van der Waals surface area contributed by atoms with Gasteiger partial charge in [0, 0.05) is 32.6 Å². The molecular formula is C21H25N3O4. The molecule has 28 heavy (non-hydrogen) atoms. The van der Waals surface area contributed by atoms with Crippen molar-refractivity contribution in [2.45, 2.75) is 44.6 Å². The fraction of sp³-hybridized carbons (Fsp3) is 0.524. The second-order valence-electron chi connectivity index (χ2n) is 7.69. The number of likely N-dealkylation sites (tertiary alicyclic amines) is 2. The van der Waals surface area contributed by atoms with Crippen LogP contribution in [0.15, 0.2) is 24.3 Å². The second kappa shape index (κ2) is 7.73. The van der Waals surface area contributed by atoms with Crippen molar-refractivity contribution in [3.05, 3.63) is 35.4 Å². The summed E-state index contributed by atoms with van der Waals surface area (Å²) in [4.78, 5) is 54.9. The molecule has 148 valence electrons. The summed E-state index contributed by atoms with van der Waals surface area (Å²) in [6.45, 7) is 2.40. The summed E-state index contributed by atoms with van der Waals surface area (Å²) in [5.74, 6) is -0.581. The van der Waals surface area contributed by atoms with E-state index in [0.717, 1.165) is 38.8 Å². The maximum Gasteiger partial charge on any atom is 0.261 e. The maximum atomic E-state index is 12.7. The lowest BCUT2D eigenvalue weighted by atomic mass is 10.1. The normalized spacial score (nSPS) is 21.6. The Morgan fingerprint density at radius 1 is 0.929 bits per heavy atom. The van der Waals surface area contributed by atoms with Gasteiger partial charge < -0.3 is 9.80 Å². The molecule has 1 aromatic rings. The zero-order valence-electron chi connectivity index (χ0n) is 15.9. The van der Waals surface area contributed by atoms with Crippen LogP contribution in [0.4, 0.5) is 0 Å². The fourth-order valence-electron chi connectivity index (χ4n) is 4.44. The first kappa shape index (κ1) is 18.7. The van der Waals surface area contributed by atoms with Crippen LogP contribution in [0.2, 0.25) is 0 Å². The third-order valence-electron chi connectivity index (χ3n) is 5.93. The molecule has 2 fully saturated rings. The Bertz CT molecular complexity index is 781. The van der Waals surface area contributed by atoms with Crippen molar-refractivity contribution >= 4 is 23.6 Å². The Morgan fingerprint density at radius 2 is 1.57 bits per heavy atom. The number of imide groups is 1. The molecular weight excluding hydrogens is 358 g/mol. The van der Waals surface area contributed by atoms with E-state index in [1.165, 1.54) is 4.90 Å². The molecule has 0 bridgehead atoms. The standard InChI is InChI=1S/C21H25N3O4/c25-18(23-13-5-9-17(23)21(28)22-11-3-4-12-22)10-6-14-24-19(26)15-7-1-2-8-16(15)20(24)27/h1-2,7-8,17H,3-6,9-14H2/t17-/m1/s1. The molecule has 0 saturated carbocycles. The van der Waals surface area contributed by atoms with Gasteiger partial charge in [-0.2, -0.15) is 0 Å². The van der Waals surface area contributed by atoms with Gasteiger partial charge in [-0.25, -0.2) is 0 Å². The smallest absolute Gasteiger partial charge is 0.261 e. The lowest BCUT2D eigenvalue weighted by Crippen LogP contribution is -2.47. The number of fused-ring (bicyclic) bond motifs is 1. The van der Waals surface area contributed by atoms with Crippen LogP contribution in [0, 0.1) is 0 Å². The highest BCUT2D eigenvalue weighted by atomic mass is 16.2. The first-order chi connectivity index (χ1) is 13.6. The molecule has 0 radical (unpaired) electrons. The van der Waals surface area contributed by atoms with Crippen molar-refractivity contribution in [1.29, 1.82) is 0 Å². The van der Waals surface area contributed by atoms with Gasteiger partial charge in [-0.05, 0) is 44.2 Å². The number of rotatable bonds is 5. The number of carbonyl (C=O) groups excluding carboxylic acids is 4. The Balaban J connectivity index is 1.31. The van der Waals surface area contributed by atoms with Gasteiger partial charge in [0.15, 0.2) is 0 Å². The van der Waals surface area contributed by atoms with E-state index >= 15 is 0 Å². The van der Waals surface area contributed by atoms with E-state index in [0.29, 0.717) is 24.1 Å². The molecule has 4 amide bonds. The number of nitrogens with zero attached hydrogens (tertiary/aromatic N) is 3. The molecule has 3 aliphatic heterocycles. The monoisotopic (exact) mass is 383 g/mol. The van der Waals surface area contributed by atoms with E-state index in [2.05, 4.69) is 0 Å². The highest BCUT2D eigenvalue weighted by Crippen LogP contribution is 2.24. The van der Waals surface area contributed by atoms with Crippen LogP contribution in [-0.4, -0.2) is 70.5 Å². The predicted molar refractivity (Wildman–Crippen MR) is 102 cm³/mol. The van der Waals surface area contributed by atoms with Gasteiger partial charge in [0.05, 0.1) is 11.1 Å². The molecule has 0 aromatic heterocycles. The molecule has 1 atom stereocenters. The molecule has 7 nitrogen and oxygen atoms in total. The number of hydrogen-bond donors (Lipinski definition) is 0. The van der Waals surface area contributed by atoms with Gasteiger partial charge in [-0.3, -0.25) is 24.1 Å². The minimum Gasteiger partial charge on any atom is -0.341 e. The van der Waals surface area contributed by atoms with E-state index in [1.807, 2.05) is 4.90 Å². The van der Waals surface area contributed by atoms with Gasteiger partial charge in [0.2, 0.25) is 11.8 Å². The van der Waals surface area contributed by atoms with Crippen LogP contribution in [0.3, 0.4) is 0 Å². The van der Waals surface area contributed by atoms with E-state index < -0.39 is 0 Å². The largest absolute Gasteiger partial charge is 0.341 e. The number of hydrogen-bond acceptors (Lipinski definition) is 4. The SMILES string of the molecule is O=C([C@H]1CCCN1C(=O)CCCN1C(=O)c2ccccc2C1=O)N1CCCC1. The molecule has 0 N–H and O–H groups in total. The van der Waals surface area contributed by atoms with Crippen LogP contribution in [0.1, 0.15) is 59.2 Å². The van der Waals surface area contributed by atoms with Crippen molar-refractivity contribution < 1.29 is 19.2 Å². The zero-order valence-corrected chi connectivity index (χ0v) is 15.9. The highest BCUT2D eigenvalue weighted by molar-refractivity contribution is 6.21. The first-order valence-electron chi connectivity index (χ1n) is 10.1. The van der Waals surface area contributed by atoms with E-state index in [9.17, 15) is 19.2 Å². The Hall–Kier alpha value is -2.70. The topological polar surface area (TPSA) is 78.0 Å². The number of benzene rings is 1. The van der Waals surface area contributed by atoms with Crippen LogP contribution < -0.4 is 0 Å². The summed E-state index contributed by atoms with van der Waals surface area (Å²) < 4.78 is 0. The Morgan fingerprint density at radius 3 is 2.21 bits per heavy atom. The number of carbonyl (C=O) groups is 4. The molecule has 7 heteroatoms. The first-order valence-corrected chi connectivity index (χ1v) is 10.1. The lowest BCUT2D eigenvalue weighted by molar-refractivity contribution is -0.143. The second-order valence-corrected chi connectivity index (χ2v) is 7.69. The van der Waals surface area contributed by atoms with E-state index in [1.54, 1.807) is 29.2 Å². The van der Waals surface area contributed by atoms with Crippen molar-refractivity contribution in [3.8, 4) is 0 Å². The molecule has 0 aliphatic carbocycles. The van der Waals surface area contributed by atoms with Gasteiger partial charge in [-0.1, -0.05) is 12.1 Å². The molecule has 2 saturated heterocycles. The Labute approximate surface area is 164 Å². The van der Waals surface area contributed by atoms with Crippen molar-refractivity contribution in [1.82, 2.24) is 14.7 Å². The van der Waals surface area contributed by atoms with Crippen LogP contribution >= 0.6 is 0 Å². The minimum absolute atomic E-state index is 0.0633. The number of amides is 4. The quantitative estimate of drug-likeness (QED) is 0.725. The molecule has 3 heterocycles. The predicted octanol–water partition coefficient (Wildman–Crippen LogP) is 1.68. The zero-order chi connectivity index (χ0) is 19.7. The summed E-state index contributed by atoms with van der Waals surface area (Å²) in [7, 11) is 0. The summed E-state index contributed by atoms with van der Waals surface area (Å²) in [5, 5.41) is 0. The molecule has 4 rings (SSSR count). The molecule has 3 aliphatic rings. The van der Waals surface area contributed by atoms with Crippen molar-refractivity contribution in [2.75, 3.05) is 26.2 Å². The maximum absolute atomic E-state index is 12.7. The fourth-order valence-corrected chi connectivity index (χ4v) is 4.44. The van der Waals surface area contributed by atoms with Crippen LogP contribution in [0.25, 0.3) is 0 Å². The van der Waals surface area contributed by atoms with Gasteiger partial charge >= 0.3 is 0 Å². The molecule has 0 spiro atoms.